The highest BCUT2D eigenvalue weighted by atomic mass is 32.2. The summed E-state index contributed by atoms with van der Waals surface area (Å²) in [5, 5.41) is -1.18. The maximum Gasteiger partial charge on any atom is 0.319 e. The van der Waals surface area contributed by atoms with Gasteiger partial charge in [0.1, 0.15) is 10.8 Å². The third kappa shape index (κ3) is 3.44. The van der Waals surface area contributed by atoms with Crippen LogP contribution in [0.25, 0.3) is 0 Å². The highest BCUT2D eigenvalue weighted by Gasteiger charge is 2.51. The molecule has 1 aromatic carbocycles. The van der Waals surface area contributed by atoms with Gasteiger partial charge in [0.15, 0.2) is 15.6 Å². The Morgan fingerprint density at radius 1 is 1.04 bits per heavy atom. The fraction of sp³-hybridized carbons (Fsp3) is 0.421. The van der Waals surface area contributed by atoms with Crippen molar-refractivity contribution in [3.8, 4) is 11.9 Å². The Morgan fingerprint density at radius 3 is 2.21 bits per heavy atom. The van der Waals surface area contributed by atoms with E-state index in [9.17, 15) is 13.2 Å². The van der Waals surface area contributed by atoms with E-state index in [0.29, 0.717) is 12.1 Å². The molecule has 9 heteroatoms. The summed E-state index contributed by atoms with van der Waals surface area (Å²) >= 11 is 0. The summed E-state index contributed by atoms with van der Waals surface area (Å²) in [6.07, 6.45) is 0.364. The van der Waals surface area contributed by atoms with Crippen molar-refractivity contribution < 1.29 is 22.7 Å². The van der Waals surface area contributed by atoms with Gasteiger partial charge in [-0.05, 0) is 24.1 Å². The van der Waals surface area contributed by atoms with Gasteiger partial charge in [0.2, 0.25) is 5.88 Å². The van der Waals surface area contributed by atoms with E-state index in [4.69, 9.17) is 9.47 Å². The molecule has 2 atom stereocenters. The van der Waals surface area contributed by atoms with E-state index in [1.165, 1.54) is 26.4 Å². The number of aromatic nitrogens is 2. The molecule has 0 N–H and O–H groups in total. The van der Waals surface area contributed by atoms with E-state index in [-0.39, 0.29) is 27.9 Å². The first-order valence-corrected chi connectivity index (χ1v) is 14.1. The fourth-order valence-electron chi connectivity index (χ4n) is 3.61. The number of benzene rings is 1. The monoisotopic (exact) mass is 420 g/mol. The molecule has 1 heterocycles. The number of carbonyl (C=O) groups is 1. The molecule has 1 aromatic heterocycles. The maximum atomic E-state index is 13.5. The second-order valence-corrected chi connectivity index (χ2v) is 15.4. The summed E-state index contributed by atoms with van der Waals surface area (Å²) in [6, 6.07) is 8.22. The van der Waals surface area contributed by atoms with E-state index in [1.54, 1.807) is 18.2 Å². The summed E-state index contributed by atoms with van der Waals surface area (Å²) in [5.41, 5.74) is 0.296. The molecule has 28 heavy (non-hydrogen) atoms. The normalized spacial score (nSPS) is 19.8. The zero-order valence-electron chi connectivity index (χ0n) is 16.6. The van der Waals surface area contributed by atoms with Gasteiger partial charge in [-0.2, -0.15) is 9.97 Å². The van der Waals surface area contributed by atoms with E-state index in [1.807, 2.05) is 0 Å². The van der Waals surface area contributed by atoms with Crippen molar-refractivity contribution in [1.29, 1.82) is 0 Å². The predicted octanol–water partition coefficient (Wildman–Crippen LogP) is 2.78. The molecular weight excluding hydrogens is 396 g/mol. The molecule has 0 saturated carbocycles. The van der Waals surface area contributed by atoms with Crippen LogP contribution in [0.2, 0.25) is 25.2 Å². The average Bonchev–Trinajstić information content (AvgIpc) is 2.66. The maximum absolute atomic E-state index is 13.5. The second-order valence-electron chi connectivity index (χ2n) is 7.86. The minimum Gasteiger partial charge on any atom is -0.480 e. The highest BCUT2D eigenvalue weighted by molar-refractivity contribution is 7.93. The van der Waals surface area contributed by atoms with Crippen LogP contribution in [-0.4, -0.2) is 51.7 Å². The Balaban J connectivity index is 2.24. The molecule has 0 radical (unpaired) electrons. The number of Topliss-reactive ketones (excluding diaryl/α,β-unsaturated/α-hetero) is 1. The molecule has 0 bridgehead atoms. The SMILES string of the molecule is COc1nc2c(c(OC)n1)C(=O)[C@@H](S(=O)(=O)c1ccccc1)[C@H]([Si](C)(C)C)C2. The van der Waals surface area contributed by atoms with Crippen molar-refractivity contribution in [2.24, 2.45) is 0 Å². The van der Waals surface area contributed by atoms with Crippen molar-refractivity contribution in [2.45, 2.75) is 41.7 Å². The molecule has 0 aliphatic heterocycles. The van der Waals surface area contributed by atoms with Crippen molar-refractivity contribution >= 4 is 23.7 Å². The van der Waals surface area contributed by atoms with Crippen LogP contribution in [0, 0.1) is 0 Å². The van der Waals surface area contributed by atoms with E-state index < -0.39 is 28.9 Å². The molecule has 0 spiro atoms. The van der Waals surface area contributed by atoms with Gasteiger partial charge >= 0.3 is 6.01 Å². The molecule has 0 fully saturated rings. The summed E-state index contributed by atoms with van der Waals surface area (Å²) < 4.78 is 37.4. The molecular formula is C19H24N2O5SSi. The van der Waals surface area contributed by atoms with Gasteiger partial charge < -0.3 is 9.47 Å². The molecule has 0 saturated heterocycles. The van der Waals surface area contributed by atoms with Crippen LogP contribution in [0.4, 0.5) is 0 Å². The Morgan fingerprint density at radius 2 is 1.68 bits per heavy atom. The van der Waals surface area contributed by atoms with Crippen molar-refractivity contribution in [3.63, 3.8) is 0 Å². The molecule has 1 aliphatic rings. The van der Waals surface area contributed by atoms with Gasteiger partial charge in [-0.15, -0.1) is 0 Å². The van der Waals surface area contributed by atoms with Crippen LogP contribution in [0.3, 0.4) is 0 Å². The first-order chi connectivity index (χ1) is 13.1. The lowest BCUT2D eigenvalue weighted by Crippen LogP contribution is -2.49. The lowest BCUT2D eigenvalue weighted by Gasteiger charge is -2.38. The van der Waals surface area contributed by atoms with Crippen LogP contribution in [0.1, 0.15) is 16.1 Å². The van der Waals surface area contributed by atoms with Gasteiger partial charge in [-0.3, -0.25) is 4.79 Å². The molecule has 0 amide bonds. The van der Waals surface area contributed by atoms with Crippen LogP contribution < -0.4 is 9.47 Å². The van der Waals surface area contributed by atoms with Crippen molar-refractivity contribution in [2.75, 3.05) is 14.2 Å². The van der Waals surface area contributed by atoms with Crippen LogP contribution in [0.5, 0.6) is 11.9 Å². The molecule has 2 aromatic rings. The number of nitrogens with zero attached hydrogens (tertiary/aromatic N) is 2. The molecule has 1 aliphatic carbocycles. The van der Waals surface area contributed by atoms with Gasteiger partial charge in [0, 0.05) is 8.07 Å². The second kappa shape index (κ2) is 7.29. The topological polar surface area (TPSA) is 95.4 Å². The van der Waals surface area contributed by atoms with Crippen molar-refractivity contribution in [1.82, 2.24) is 9.97 Å². The van der Waals surface area contributed by atoms with Crippen LogP contribution in [0.15, 0.2) is 35.2 Å². The number of rotatable bonds is 5. The Labute approximate surface area is 166 Å². The Bertz CT molecular complexity index is 1000. The van der Waals surface area contributed by atoms with E-state index in [0.717, 1.165) is 0 Å². The summed E-state index contributed by atoms with van der Waals surface area (Å²) in [7, 11) is -3.13. The number of fused-ring (bicyclic) bond motifs is 1. The Hall–Kier alpha value is -2.26. The lowest BCUT2D eigenvalue weighted by molar-refractivity contribution is 0.0969. The molecule has 0 unspecified atom stereocenters. The van der Waals surface area contributed by atoms with Crippen LogP contribution >= 0.6 is 0 Å². The molecule has 3 rings (SSSR count). The number of sulfone groups is 1. The van der Waals surface area contributed by atoms with Gasteiger partial charge in [0.05, 0.1) is 24.8 Å². The predicted molar refractivity (Wildman–Crippen MR) is 108 cm³/mol. The number of hydrogen-bond donors (Lipinski definition) is 0. The van der Waals surface area contributed by atoms with E-state index in [2.05, 4.69) is 29.6 Å². The first-order valence-electron chi connectivity index (χ1n) is 8.93. The third-order valence-electron chi connectivity index (χ3n) is 5.11. The third-order valence-corrected chi connectivity index (χ3v) is 10.3. The molecule has 150 valence electrons. The molecule has 7 nitrogen and oxygen atoms in total. The first kappa shape index (κ1) is 20.5. The number of ether oxygens (including phenoxy) is 2. The minimum absolute atomic E-state index is 0.0501. The quantitative estimate of drug-likeness (QED) is 0.686. The highest BCUT2D eigenvalue weighted by Crippen LogP contribution is 2.43. The zero-order valence-corrected chi connectivity index (χ0v) is 18.4. The average molecular weight is 421 g/mol. The van der Waals surface area contributed by atoms with Crippen molar-refractivity contribution in [3.05, 3.63) is 41.6 Å². The Kier molecular flexibility index (Phi) is 5.33. The number of methoxy groups -OCH3 is 2. The van der Waals surface area contributed by atoms with Gasteiger partial charge in [-0.1, -0.05) is 37.8 Å². The van der Waals surface area contributed by atoms with Gasteiger partial charge in [-0.25, -0.2) is 8.42 Å². The smallest absolute Gasteiger partial charge is 0.319 e. The van der Waals surface area contributed by atoms with Crippen LogP contribution in [-0.2, 0) is 16.3 Å². The minimum atomic E-state index is -3.88. The summed E-state index contributed by atoms with van der Waals surface area (Å²) in [6.45, 7) is 6.21. The zero-order chi connectivity index (χ0) is 20.7. The number of carbonyl (C=O) groups excluding carboxylic acids is 1. The van der Waals surface area contributed by atoms with E-state index >= 15 is 0 Å². The summed E-state index contributed by atoms with van der Waals surface area (Å²) in [5.74, 6) is -0.453. The largest absolute Gasteiger partial charge is 0.480 e. The number of ketones is 1. The fourth-order valence-corrected chi connectivity index (χ4v) is 9.00. The lowest BCUT2D eigenvalue weighted by atomic mass is 9.94. The number of hydrogen-bond acceptors (Lipinski definition) is 7. The van der Waals surface area contributed by atoms with Gasteiger partial charge in [0.25, 0.3) is 0 Å². The standard InChI is InChI=1S/C19H24N2O5SSi/c1-25-18-15-13(20-19(21-18)26-2)11-14(28(3,4)5)17(16(15)22)27(23,24)12-9-7-6-8-10-12/h6-10,14,17H,11H2,1-5H3/t14-,17+/m1/s1. The summed E-state index contributed by atoms with van der Waals surface area (Å²) in [4.78, 5) is 22.1.